The zero-order valence-electron chi connectivity index (χ0n) is 8.72. The lowest BCUT2D eigenvalue weighted by molar-refractivity contribution is 0.0517. The summed E-state index contributed by atoms with van der Waals surface area (Å²) in [5.74, 6) is 0.671. The molecule has 2 rings (SSSR count). The van der Waals surface area contributed by atoms with E-state index < -0.39 is 6.09 Å². The van der Waals surface area contributed by atoms with Gasteiger partial charge in [0.25, 0.3) is 0 Å². The van der Waals surface area contributed by atoms with Crippen molar-refractivity contribution in [2.75, 3.05) is 11.1 Å². The first kappa shape index (κ1) is 10.5. The third-order valence-corrected chi connectivity index (χ3v) is 2.56. The molecule has 0 spiro atoms. The smallest absolute Gasteiger partial charge is 0.404 e. The van der Waals surface area contributed by atoms with Gasteiger partial charge in [0.1, 0.15) is 11.9 Å². The minimum atomic E-state index is -0.721. The van der Waals surface area contributed by atoms with Crippen LogP contribution in [0.1, 0.15) is 12.8 Å². The molecule has 0 aromatic carbocycles. The van der Waals surface area contributed by atoms with Gasteiger partial charge in [-0.15, -0.1) is 0 Å². The lowest BCUT2D eigenvalue weighted by Crippen LogP contribution is -2.43. The molecule has 0 unspecified atom stereocenters. The maximum absolute atomic E-state index is 10.5. The van der Waals surface area contributed by atoms with Crippen LogP contribution in [0.2, 0.25) is 0 Å². The van der Waals surface area contributed by atoms with E-state index in [1.54, 1.807) is 18.3 Å². The SMILES string of the molecule is NC(=O)OC1CC(Nc2ncccc2N)C1. The Hall–Kier alpha value is -1.98. The molecule has 86 valence electrons. The average Bonchev–Trinajstić information content (AvgIpc) is 2.17. The molecular formula is C10H14N4O2. The third kappa shape index (κ3) is 2.33. The van der Waals surface area contributed by atoms with Crippen LogP contribution < -0.4 is 16.8 Å². The fraction of sp³-hybridized carbons (Fsp3) is 0.400. The number of nitrogens with two attached hydrogens (primary N) is 2. The molecule has 0 aliphatic heterocycles. The lowest BCUT2D eigenvalue weighted by Gasteiger charge is -2.35. The van der Waals surface area contributed by atoms with Crippen molar-refractivity contribution in [3.63, 3.8) is 0 Å². The van der Waals surface area contributed by atoms with Crippen molar-refractivity contribution in [3.05, 3.63) is 18.3 Å². The molecule has 6 nitrogen and oxygen atoms in total. The molecule has 1 aliphatic carbocycles. The van der Waals surface area contributed by atoms with Gasteiger partial charge in [0, 0.05) is 25.1 Å². The highest BCUT2D eigenvalue weighted by molar-refractivity contribution is 5.65. The summed E-state index contributed by atoms with van der Waals surface area (Å²) in [5.41, 5.74) is 11.3. The summed E-state index contributed by atoms with van der Waals surface area (Å²) in [7, 11) is 0. The Bertz CT molecular complexity index is 390. The first-order valence-corrected chi connectivity index (χ1v) is 5.08. The number of nitrogen functional groups attached to an aromatic ring is 1. The maximum atomic E-state index is 10.5. The lowest BCUT2D eigenvalue weighted by atomic mass is 9.89. The van der Waals surface area contributed by atoms with Crippen LogP contribution in [0.25, 0.3) is 0 Å². The molecule has 1 fully saturated rings. The summed E-state index contributed by atoms with van der Waals surface area (Å²) >= 11 is 0. The number of ether oxygens (including phenoxy) is 1. The highest BCUT2D eigenvalue weighted by atomic mass is 16.6. The van der Waals surface area contributed by atoms with Crippen molar-refractivity contribution in [1.82, 2.24) is 4.98 Å². The Morgan fingerprint density at radius 1 is 1.56 bits per heavy atom. The number of rotatable bonds is 3. The molecule has 0 saturated heterocycles. The molecule has 16 heavy (non-hydrogen) atoms. The minimum absolute atomic E-state index is 0.0834. The second-order valence-electron chi connectivity index (χ2n) is 3.81. The standard InChI is InChI=1S/C10H14N4O2/c11-8-2-1-3-13-9(8)14-6-4-7(5-6)16-10(12)15/h1-3,6-7H,4-5,11H2,(H2,12,15)(H,13,14). The molecule has 1 amide bonds. The minimum Gasteiger partial charge on any atom is -0.446 e. The van der Waals surface area contributed by atoms with Gasteiger partial charge in [0.15, 0.2) is 0 Å². The number of hydrogen-bond acceptors (Lipinski definition) is 5. The number of amides is 1. The van der Waals surface area contributed by atoms with Crippen molar-refractivity contribution in [3.8, 4) is 0 Å². The number of nitrogens with one attached hydrogen (secondary N) is 1. The number of carbonyl (C=O) groups excluding carboxylic acids is 1. The van der Waals surface area contributed by atoms with Gasteiger partial charge in [-0.05, 0) is 12.1 Å². The molecule has 1 heterocycles. The number of anilines is 2. The summed E-state index contributed by atoms with van der Waals surface area (Å²) in [5, 5.41) is 3.18. The predicted octanol–water partition coefficient (Wildman–Crippen LogP) is 0.702. The Kier molecular flexibility index (Phi) is 2.80. The van der Waals surface area contributed by atoms with E-state index in [2.05, 4.69) is 10.3 Å². The van der Waals surface area contributed by atoms with Crippen LogP contribution in [0.3, 0.4) is 0 Å². The second kappa shape index (κ2) is 4.26. The van der Waals surface area contributed by atoms with Gasteiger partial charge < -0.3 is 21.5 Å². The van der Waals surface area contributed by atoms with E-state index in [0.29, 0.717) is 11.5 Å². The van der Waals surface area contributed by atoms with Crippen molar-refractivity contribution >= 4 is 17.6 Å². The van der Waals surface area contributed by atoms with Crippen LogP contribution in [0.5, 0.6) is 0 Å². The molecule has 0 radical (unpaired) electrons. The van der Waals surface area contributed by atoms with Gasteiger partial charge in [-0.25, -0.2) is 9.78 Å². The number of pyridine rings is 1. The highest BCUT2D eigenvalue weighted by Gasteiger charge is 2.32. The summed E-state index contributed by atoms with van der Waals surface area (Å²) in [4.78, 5) is 14.6. The number of hydrogen-bond donors (Lipinski definition) is 3. The van der Waals surface area contributed by atoms with E-state index in [-0.39, 0.29) is 12.1 Å². The van der Waals surface area contributed by atoms with E-state index in [4.69, 9.17) is 16.2 Å². The normalized spacial score (nSPS) is 23.2. The molecule has 0 bridgehead atoms. The molecule has 1 aliphatic rings. The number of aromatic nitrogens is 1. The summed E-state index contributed by atoms with van der Waals surface area (Å²) in [6.45, 7) is 0. The largest absolute Gasteiger partial charge is 0.446 e. The molecular weight excluding hydrogens is 208 g/mol. The quantitative estimate of drug-likeness (QED) is 0.698. The van der Waals surface area contributed by atoms with Gasteiger partial charge in [-0.3, -0.25) is 0 Å². The monoisotopic (exact) mass is 222 g/mol. The van der Waals surface area contributed by atoms with Crippen molar-refractivity contribution in [2.24, 2.45) is 5.73 Å². The molecule has 1 saturated carbocycles. The van der Waals surface area contributed by atoms with Gasteiger partial charge in [0.2, 0.25) is 0 Å². The summed E-state index contributed by atoms with van der Waals surface area (Å²) in [6.07, 6.45) is 2.34. The van der Waals surface area contributed by atoms with Crippen LogP contribution in [-0.4, -0.2) is 23.2 Å². The summed E-state index contributed by atoms with van der Waals surface area (Å²) in [6, 6.07) is 3.80. The molecule has 6 heteroatoms. The van der Waals surface area contributed by atoms with Gasteiger partial charge >= 0.3 is 6.09 Å². The maximum Gasteiger partial charge on any atom is 0.404 e. The van der Waals surface area contributed by atoms with Crippen LogP contribution >= 0.6 is 0 Å². The first-order valence-electron chi connectivity index (χ1n) is 5.08. The predicted molar refractivity (Wildman–Crippen MR) is 59.8 cm³/mol. The zero-order valence-corrected chi connectivity index (χ0v) is 8.72. The van der Waals surface area contributed by atoms with Crippen molar-refractivity contribution in [1.29, 1.82) is 0 Å². The van der Waals surface area contributed by atoms with E-state index in [1.165, 1.54) is 0 Å². The van der Waals surface area contributed by atoms with Gasteiger partial charge in [-0.1, -0.05) is 0 Å². The number of carbonyl (C=O) groups is 1. The summed E-state index contributed by atoms with van der Waals surface area (Å²) < 4.78 is 4.83. The van der Waals surface area contributed by atoms with Gasteiger partial charge in [0.05, 0.1) is 5.69 Å². The molecule has 1 aromatic heterocycles. The van der Waals surface area contributed by atoms with Gasteiger partial charge in [-0.2, -0.15) is 0 Å². The van der Waals surface area contributed by atoms with E-state index in [1.807, 2.05) is 0 Å². The van der Waals surface area contributed by atoms with Crippen LogP contribution in [0.4, 0.5) is 16.3 Å². The van der Waals surface area contributed by atoms with Crippen LogP contribution in [-0.2, 0) is 4.74 Å². The number of primary amides is 1. The molecule has 5 N–H and O–H groups in total. The Balaban J connectivity index is 1.82. The average molecular weight is 222 g/mol. The second-order valence-corrected chi connectivity index (χ2v) is 3.81. The Labute approximate surface area is 93.0 Å². The first-order chi connectivity index (χ1) is 7.65. The molecule has 1 aromatic rings. The Morgan fingerprint density at radius 3 is 2.94 bits per heavy atom. The number of nitrogens with zero attached hydrogens (tertiary/aromatic N) is 1. The fourth-order valence-electron chi connectivity index (χ4n) is 1.68. The topological polar surface area (TPSA) is 103 Å². The van der Waals surface area contributed by atoms with E-state index in [9.17, 15) is 4.79 Å². The van der Waals surface area contributed by atoms with Crippen molar-refractivity contribution in [2.45, 2.75) is 25.0 Å². The fourth-order valence-corrected chi connectivity index (χ4v) is 1.68. The van der Waals surface area contributed by atoms with Crippen molar-refractivity contribution < 1.29 is 9.53 Å². The third-order valence-electron chi connectivity index (χ3n) is 2.56. The van der Waals surface area contributed by atoms with Crippen LogP contribution in [0, 0.1) is 0 Å². The van der Waals surface area contributed by atoms with E-state index >= 15 is 0 Å². The Morgan fingerprint density at radius 2 is 2.31 bits per heavy atom. The van der Waals surface area contributed by atoms with Crippen LogP contribution in [0.15, 0.2) is 18.3 Å². The zero-order chi connectivity index (χ0) is 11.5. The van der Waals surface area contributed by atoms with E-state index in [0.717, 1.165) is 12.8 Å². The highest BCUT2D eigenvalue weighted by Crippen LogP contribution is 2.27. The molecule has 0 atom stereocenters.